The molecule has 2 rings (SSSR count). The number of hydrogen-bond donors (Lipinski definition) is 1. The second-order valence-electron chi connectivity index (χ2n) is 5.49. The van der Waals surface area contributed by atoms with Gasteiger partial charge in [-0.3, -0.25) is 0 Å². The quantitative estimate of drug-likeness (QED) is 0.814. The highest BCUT2D eigenvalue weighted by molar-refractivity contribution is 7.99. The predicted octanol–water partition coefficient (Wildman–Crippen LogP) is 3.54. The van der Waals surface area contributed by atoms with Crippen molar-refractivity contribution in [3.63, 3.8) is 0 Å². The van der Waals surface area contributed by atoms with Gasteiger partial charge in [0.25, 0.3) is 0 Å². The lowest BCUT2D eigenvalue weighted by atomic mass is 9.89. The van der Waals surface area contributed by atoms with Crippen LogP contribution in [0.25, 0.3) is 0 Å². The molecule has 1 saturated heterocycles. The topological polar surface area (TPSA) is 12.0 Å². The molecule has 100 valence electrons. The van der Waals surface area contributed by atoms with Gasteiger partial charge < -0.3 is 5.32 Å². The third-order valence-corrected chi connectivity index (χ3v) is 5.28. The second kappa shape index (κ2) is 5.87. The van der Waals surface area contributed by atoms with Crippen LogP contribution in [0.15, 0.2) is 0 Å². The summed E-state index contributed by atoms with van der Waals surface area (Å²) in [7, 11) is 0. The van der Waals surface area contributed by atoms with E-state index in [9.17, 15) is 8.78 Å². The molecule has 3 unspecified atom stereocenters. The third-order valence-electron chi connectivity index (χ3n) is 4.09. The van der Waals surface area contributed by atoms with Gasteiger partial charge in [0, 0.05) is 18.9 Å². The summed E-state index contributed by atoms with van der Waals surface area (Å²) in [6.07, 6.45) is 3.15. The molecule has 3 atom stereocenters. The summed E-state index contributed by atoms with van der Waals surface area (Å²) < 4.78 is 26.4. The van der Waals surface area contributed by atoms with Gasteiger partial charge in [-0.15, -0.1) is 0 Å². The van der Waals surface area contributed by atoms with Crippen molar-refractivity contribution in [2.45, 2.75) is 51.0 Å². The molecule has 2 fully saturated rings. The van der Waals surface area contributed by atoms with Gasteiger partial charge in [-0.2, -0.15) is 11.8 Å². The van der Waals surface area contributed by atoms with Crippen LogP contribution < -0.4 is 5.32 Å². The highest BCUT2D eigenvalue weighted by Gasteiger charge is 2.40. The smallest absolute Gasteiger partial charge is 0.248 e. The Morgan fingerprint density at radius 3 is 2.76 bits per heavy atom. The van der Waals surface area contributed by atoms with Crippen LogP contribution in [0.5, 0.6) is 0 Å². The van der Waals surface area contributed by atoms with Crippen LogP contribution in [0.3, 0.4) is 0 Å². The summed E-state index contributed by atoms with van der Waals surface area (Å²) in [6, 6.07) is 0.467. The Morgan fingerprint density at radius 1 is 1.41 bits per heavy atom. The Hall–Kier alpha value is 0.170. The summed E-state index contributed by atoms with van der Waals surface area (Å²) in [5.74, 6) is 1.01. The maximum atomic E-state index is 13.2. The average Bonchev–Trinajstić information content (AvgIpc) is 2.87. The van der Waals surface area contributed by atoms with Gasteiger partial charge in [-0.05, 0) is 49.1 Å². The minimum absolute atomic E-state index is 0.107. The number of nitrogens with one attached hydrogen (secondary N) is 1. The molecule has 1 nitrogen and oxygen atoms in total. The van der Waals surface area contributed by atoms with Gasteiger partial charge in [-0.25, -0.2) is 8.78 Å². The van der Waals surface area contributed by atoms with E-state index in [2.05, 4.69) is 12.2 Å². The minimum Gasteiger partial charge on any atom is -0.314 e. The molecule has 0 aromatic rings. The van der Waals surface area contributed by atoms with Crippen molar-refractivity contribution in [3.05, 3.63) is 0 Å². The van der Waals surface area contributed by atoms with Crippen LogP contribution in [0.1, 0.15) is 39.0 Å². The summed E-state index contributed by atoms with van der Waals surface area (Å²) in [5, 5.41) is 3.52. The molecule has 0 aromatic heterocycles. The predicted molar refractivity (Wildman–Crippen MR) is 69.8 cm³/mol. The van der Waals surface area contributed by atoms with Gasteiger partial charge in [0.05, 0.1) is 0 Å². The Balaban J connectivity index is 1.84. The van der Waals surface area contributed by atoms with Crippen LogP contribution in [-0.2, 0) is 0 Å². The van der Waals surface area contributed by atoms with Crippen LogP contribution in [0, 0.1) is 11.8 Å². The Labute approximate surface area is 107 Å². The molecule has 1 aliphatic carbocycles. The lowest BCUT2D eigenvalue weighted by Gasteiger charge is -2.26. The lowest BCUT2D eigenvalue weighted by molar-refractivity contribution is 0.00409. The molecule has 4 heteroatoms. The fourth-order valence-electron chi connectivity index (χ4n) is 3.18. The summed E-state index contributed by atoms with van der Waals surface area (Å²) in [5.41, 5.74) is 0. The van der Waals surface area contributed by atoms with Crippen LogP contribution in [0.2, 0.25) is 0 Å². The summed E-state index contributed by atoms with van der Waals surface area (Å²) in [6.45, 7) is 3.06. The zero-order valence-electron chi connectivity index (χ0n) is 10.6. The fourth-order valence-corrected chi connectivity index (χ4v) is 4.51. The standard InChI is InChI=1S/C13H23F2NS/c1-2-16-12(11-4-6-17-9-11)7-10-3-5-13(14,15)8-10/h10-12,16H,2-9H2,1H3. The first-order chi connectivity index (χ1) is 8.11. The lowest BCUT2D eigenvalue weighted by Crippen LogP contribution is -2.37. The van der Waals surface area contributed by atoms with Crippen LogP contribution in [0.4, 0.5) is 8.78 Å². The number of thioether (sulfide) groups is 1. The average molecular weight is 263 g/mol. The summed E-state index contributed by atoms with van der Waals surface area (Å²) in [4.78, 5) is 0. The Bertz CT molecular complexity index is 242. The van der Waals surface area contributed by atoms with E-state index in [4.69, 9.17) is 0 Å². The number of halogens is 2. The second-order valence-corrected chi connectivity index (χ2v) is 6.64. The third kappa shape index (κ3) is 3.82. The van der Waals surface area contributed by atoms with Crippen molar-refractivity contribution >= 4 is 11.8 Å². The maximum absolute atomic E-state index is 13.2. The molecule has 2 aliphatic rings. The Kier molecular flexibility index (Phi) is 4.70. The van der Waals surface area contributed by atoms with Gasteiger partial charge in [0.1, 0.15) is 0 Å². The first-order valence-corrected chi connectivity index (χ1v) is 7.95. The minimum atomic E-state index is -2.38. The van der Waals surface area contributed by atoms with E-state index in [0.717, 1.165) is 19.4 Å². The zero-order valence-corrected chi connectivity index (χ0v) is 11.4. The van der Waals surface area contributed by atoms with E-state index >= 15 is 0 Å². The van der Waals surface area contributed by atoms with E-state index in [0.29, 0.717) is 12.0 Å². The van der Waals surface area contributed by atoms with Gasteiger partial charge >= 0.3 is 0 Å². The molecule has 0 radical (unpaired) electrons. The molecule has 0 amide bonds. The molecular formula is C13H23F2NS. The van der Waals surface area contributed by atoms with E-state index in [1.165, 1.54) is 17.9 Å². The van der Waals surface area contributed by atoms with Crippen molar-refractivity contribution in [1.82, 2.24) is 5.32 Å². The largest absolute Gasteiger partial charge is 0.314 e. The highest BCUT2D eigenvalue weighted by atomic mass is 32.2. The normalized spacial score (nSPS) is 34.1. The summed E-state index contributed by atoms with van der Waals surface area (Å²) >= 11 is 2.01. The van der Waals surface area contributed by atoms with Crippen molar-refractivity contribution in [1.29, 1.82) is 0 Å². The molecular weight excluding hydrogens is 240 g/mol. The first kappa shape index (κ1) is 13.6. The van der Waals surface area contributed by atoms with E-state index in [1.54, 1.807) is 0 Å². The van der Waals surface area contributed by atoms with E-state index < -0.39 is 5.92 Å². The fraction of sp³-hybridized carbons (Fsp3) is 1.00. The molecule has 0 spiro atoms. The number of hydrogen-bond acceptors (Lipinski definition) is 2. The zero-order chi connectivity index (χ0) is 12.3. The molecule has 0 bridgehead atoms. The first-order valence-electron chi connectivity index (χ1n) is 6.79. The van der Waals surface area contributed by atoms with Gasteiger partial charge in [-0.1, -0.05) is 6.92 Å². The molecule has 1 heterocycles. The van der Waals surface area contributed by atoms with Crippen molar-refractivity contribution in [2.24, 2.45) is 11.8 Å². The van der Waals surface area contributed by atoms with Gasteiger partial charge in [0.15, 0.2) is 0 Å². The Morgan fingerprint density at radius 2 is 2.24 bits per heavy atom. The van der Waals surface area contributed by atoms with Crippen molar-refractivity contribution in [2.75, 3.05) is 18.1 Å². The van der Waals surface area contributed by atoms with Gasteiger partial charge in [0.2, 0.25) is 5.92 Å². The molecule has 1 N–H and O–H groups in total. The monoisotopic (exact) mass is 263 g/mol. The highest BCUT2D eigenvalue weighted by Crippen LogP contribution is 2.42. The number of rotatable bonds is 5. The number of alkyl halides is 2. The van der Waals surface area contributed by atoms with E-state index in [1.807, 2.05) is 11.8 Å². The maximum Gasteiger partial charge on any atom is 0.248 e. The molecule has 0 aromatic carbocycles. The van der Waals surface area contributed by atoms with Crippen LogP contribution in [-0.4, -0.2) is 30.0 Å². The molecule has 1 aliphatic heterocycles. The molecule has 17 heavy (non-hydrogen) atoms. The van der Waals surface area contributed by atoms with Crippen molar-refractivity contribution < 1.29 is 8.78 Å². The van der Waals surface area contributed by atoms with Crippen LogP contribution >= 0.6 is 11.8 Å². The van der Waals surface area contributed by atoms with E-state index in [-0.39, 0.29) is 18.8 Å². The van der Waals surface area contributed by atoms with Crippen molar-refractivity contribution in [3.8, 4) is 0 Å². The SMILES string of the molecule is CCNC(CC1CCC(F)(F)C1)C1CCSC1. The molecule has 1 saturated carbocycles.